The fourth-order valence-electron chi connectivity index (χ4n) is 2.85. The third-order valence-corrected chi connectivity index (χ3v) is 5.07. The summed E-state index contributed by atoms with van der Waals surface area (Å²) in [6, 6.07) is 19.7. The summed E-state index contributed by atoms with van der Waals surface area (Å²) in [7, 11) is 0. The van der Waals surface area contributed by atoms with Crippen LogP contribution >= 0.6 is 15.9 Å². The van der Waals surface area contributed by atoms with Crippen LogP contribution in [0.15, 0.2) is 71.2 Å². The van der Waals surface area contributed by atoms with Gasteiger partial charge in [0.25, 0.3) is 11.8 Å². The Morgan fingerprint density at radius 2 is 1.45 bits per heavy atom. The summed E-state index contributed by atoms with van der Waals surface area (Å²) >= 11 is 3.46. The molecular formula is C25H25BrN2O3. The maximum Gasteiger partial charge on any atom is 0.255 e. The molecule has 0 aliphatic heterocycles. The fraction of sp³-hybridized carbons (Fsp3) is 0.200. The second kappa shape index (κ2) is 10.3. The lowest BCUT2D eigenvalue weighted by molar-refractivity contribution is 0.101. The maximum atomic E-state index is 12.6. The number of ether oxygens (including phenoxy) is 1. The van der Waals surface area contributed by atoms with Crippen LogP contribution in [-0.4, -0.2) is 18.4 Å². The van der Waals surface area contributed by atoms with E-state index < -0.39 is 0 Å². The van der Waals surface area contributed by atoms with Crippen molar-refractivity contribution in [1.29, 1.82) is 0 Å². The number of carbonyl (C=O) groups is 2. The van der Waals surface area contributed by atoms with Gasteiger partial charge in [0.05, 0.1) is 11.1 Å². The van der Waals surface area contributed by atoms with E-state index in [4.69, 9.17) is 4.74 Å². The third kappa shape index (κ3) is 6.43. The summed E-state index contributed by atoms with van der Waals surface area (Å²) in [4.78, 5) is 24.9. The molecule has 3 aromatic rings. The first-order valence-electron chi connectivity index (χ1n) is 10.0. The molecule has 0 aromatic heterocycles. The predicted molar refractivity (Wildman–Crippen MR) is 128 cm³/mol. The van der Waals surface area contributed by atoms with Crippen molar-refractivity contribution in [2.45, 2.75) is 20.8 Å². The van der Waals surface area contributed by atoms with Crippen LogP contribution < -0.4 is 15.4 Å². The van der Waals surface area contributed by atoms with Crippen LogP contribution in [0.3, 0.4) is 0 Å². The lowest BCUT2D eigenvalue weighted by Crippen LogP contribution is -2.13. The van der Waals surface area contributed by atoms with Crippen molar-refractivity contribution in [2.75, 3.05) is 17.2 Å². The highest BCUT2D eigenvalue weighted by atomic mass is 79.9. The van der Waals surface area contributed by atoms with Gasteiger partial charge in [-0.3, -0.25) is 9.59 Å². The molecule has 0 unspecified atom stereocenters. The Bertz CT molecular complexity index is 1080. The van der Waals surface area contributed by atoms with E-state index in [-0.39, 0.29) is 11.8 Å². The van der Waals surface area contributed by atoms with Gasteiger partial charge in [0.2, 0.25) is 0 Å². The van der Waals surface area contributed by atoms with Crippen molar-refractivity contribution in [2.24, 2.45) is 5.92 Å². The lowest BCUT2D eigenvalue weighted by Gasteiger charge is -2.12. The smallest absolute Gasteiger partial charge is 0.255 e. The number of hydrogen-bond acceptors (Lipinski definition) is 3. The lowest BCUT2D eigenvalue weighted by atomic mass is 10.1. The van der Waals surface area contributed by atoms with Crippen molar-refractivity contribution >= 4 is 39.1 Å². The molecule has 0 saturated carbocycles. The molecule has 0 aliphatic rings. The number of nitrogens with one attached hydrogen (secondary N) is 2. The zero-order valence-electron chi connectivity index (χ0n) is 17.7. The molecule has 0 fully saturated rings. The van der Waals surface area contributed by atoms with Crippen LogP contribution in [0.2, 0.25) is 0 Å². The van der Waals surface area contributed by atoms with Crippen LogP contribution in [0.5, 0.6) is 5.75 Å². The number of aryl methyl sites for hydroxylation is 1. The quantitative estimate of drug-likeness (QED) is 0.417. The van der Waals surface area contributed by atoms with Crippen molar-refractivity contribution in [1.82, 2.24) is 0 Å². The summed E-state index contributed by atoms with van der Waals surface area (Å²) in [6.07, 6.45) is 0. The van der Waals surface area contributed by atoms with E-state index in [2.05, 4.69) is 40.4 Å². The number of amides is 2. The van der Waals surface area contributed by atoms with E-state index in [1.165, 1.54) is 0 Å². The molecule has 0 bridgehead atoms. The minimum absolute atomic E-state index is 0.176. The summed E-state index contributed by atoms with van der Waals surface area (Å²) < 4.78 is 6.45. The predicted octanol–water partition coefficient (Wildman–Crippen LogP) is 6.30. The Labute approximate surface area is 191 Å². The van der Waals surface area contributed by atoms with Gasteiger partial charge < -0.3 is 15.4 Å². The summed E-state index contributed by atoms with van der Waals surface area (Å²) in [5.74, 6) is 0.719. The molecule has 0 heterocycles. The van der Waals surface area contributed by atoms with Gasteiger partial charge in [-0.2, -0.15) is 0 Å². The van der Waals surface area contributed by atoms with E-state index in [9.17, 15) is 9.59 Å². The van der Waals surface area contributed by atoms with Gasteiger partial charge in [0.1, 0.15) is 5.75 Å². The van der Waals surface area contributed by atoms with E-state index in [0.717, 1.165) is 10.0 Å². The number of carbonyl (C=O) groups excluding carboxylic acids is 2. The molecule has 6 heteroatoms. The zero-order valence-corrected chi connectivity index (χ0v) is 19.3. The average Bonchev–Trinajstić information content (AvgIpc) is 2.74. The number of rotatable bonds is 7. The van der Waals surface area contributed by atoms with Gasteiger partial charge in [-0.15, -0.1) is 0 Å². The van der Waals surface area contributed by atoms with Gasteiger partial charge in [0.15, 0.2) is 0 Å². The van der Waals surface area contributed by atoms with Crippen LogP contribution in [-0.2, 0) is 0 Å². The largest absolute Gasteiger partial charge is 0.492 e. The molecule has 3 rings (SSSR count). The Hall–Kier alpha value is -3.12. The molecule has 2 N–H and O–H groups in total. The molecule has 0 saturated heterocycles. The normalized spacial score (nSPS) is 10.6. The van der Waals surface area contributed by atoms with Gasteiger partial charge in [-0.25, -0.2) is 0 Å². The fourth-order valence-corrected chi connectivity index (χ4v) is 3.34. The molecule has 5 nitrogen and oxygen atoms in total. The molecule has 3 aromatic carbocycles. The van der Waals surface area contributed by atoms with Crippen LogP contribution in [0.4, 0.5) is 11.4 Å². The van der Waals surface area contributed by atoms with Crippen LogP contribution in [0, 0.1) is 12.8 Å². The highest BCUT2D eigenvalue weighted by molar-refractivity contribution is 9.10. The first kappa shape index (κ1) is 22.6. The van der Waals surface area contributed by atoms with Gasteiger partial charge in [-0.1, -0.05) is 31.5 Å². The first-order valence-corrected chi connectivity index (χ1v) is 10.8. The molecule has 0 spiro atoms. The Morgan fingerprint density at radius 3 is 1.97 bits per heavy atom. The van der Waals surface area contributed by atoms with Crippen LogP contribution in [0.1, 0.15) is 40.1 Å². The van der Waals surface area contributed by atoms with Crippen LogP contribution in [0.25, 0.3) is 0 Å². The van der Waals surface area contributed by atoms with E-state index in [1.807, 2.05) is 25.1 Å². The number of halogens is 1. The van der Waals surface area contributed by atoms with E-state index in [1.54, 1.807) is 48.5 Å². The molecule has 31 heavy (non-hydrogen) atoms. The number of hydrogen-bond donors (Lipinski definition) is 2. The summed E-state index contributed by atoms with van der Waals surface area (Å²) in [5.41, 5.74) is 3.43. The first-order chi connectivity index (χ1) is 14.8. The topological polar surface area (TPSA) is 67.4 Å². The second-order valence-electron chi connectivity index (χ2n) is 7.71. The third-order valence-electron chi connectivity index (χ3n) is 4.45. The standard InChI is InChI=1S/C25H25BrN2O3/c1-16(2)15-31-23-12-7-19(14-22(23)26)25(30)28-21-10-8-20(9-11-21)27-24(29)18-6-4-5-17(3)13-18/h4-14,16H,15H2,1-3H3,(H,27,29)(H,28,30). The van der Waals surface area contributed by atoms with E-state index >= 15 is 0 Å². The zero-order chi connectivity index (χ0) is 22.4. The molecule has 0 radical (unpaired) electrons. The molecular weight excluding hydrogens is 456 g/mol. The monoisotopic (exact) mass is 480 g/mol. The maximum absolute atomic E-state index is 12.6. The Morgan fingerprint density at radius 1 is 0.871 bits per heavy atom. The average molecular weight is 481 g/mol. The molecule has 2 amide bonds. The highest BCUT2D eigenvalue weighted by Gasteiger charge is 2.11. The van der Waals surface area contributed by atoms with Gasteiger partial charge >= 0.3 is 0 Å². The van der Waals surface area contributed by atoms with Gasteiger partial charge in [0, 0.05) is 22.5 Å². The molecule has 160 valence electrons. The Kier molecular flexibility index (Phi) is 7.47. The Balaban J connectivity index is 1.61. The molecule has 0 aliphatic carbocycles. The number of anilines is 2. The van der Waals surface area contributed by atoms with Gasteiger partial charge in [-0.05, 0) is 83.4 Å². The minimum Gasteiger partial charge on any atom is -0.492 e. The highest BCUT2D eigenvalue weighted by Crippen LogP contribution is 2.27. The minimum atomic E-state index is -0.229. The summed E-state index contributed by atoms with van der Waals surface area (Å²) in [5, 5.41) is 5.72. The molecule has 0 atom stereocenters. The van der Waals surface area contributed by atoms with E-state index in [0.29, 0.717) is 40.8 Å². The van der Waals surface area contributed by atoms with Crippen molar-refractivity contribution in [3.05, 3.63) is 87.9 Å². The van der Waals surface area contributed by atoms with Crippen molar-refractivity contribution in [3.63, 3.8) is 0 Å². The van der Waals surface area contributed by atoms with Crippen molar-refractivity contribution < 1.29 is 14.3 Å². The second-order valence-corrected chi connectivity index (χ2v) is 8.56. The van der Waals surface area contributed by atoms with Crippen molar-refractivity contribution in [3.8, 4) is 5.75 Å². The SMILES string of the molecule is Cc1cccc(C(=O)Nc2ccc(NC(=O)c3ccc(OCC(C)C)c(Br)c3)cc2)c1. The summed E-state index contributed by atoms with van der Waals surface area (Å²) in [6.45, 7) is 6.71. The number of benzene rings is 3.